The number of benzene rings is 1. The largest absolute Gasteiger partial charge is 0.491 e. The van der Waals surface area contributed by atoms with E-state index < -0.39 is 11.7 Å². The maximum atomic E-state index is 11.6. The molecule has 1 heterocycles. The molecule has 1 amide bonds. The van der Waals surface area contributed by atoms with Crippen molar-refractivity contribution in [1.82, 2.24) is 10.3 Å². The Labute approximate surface area is 158 Å². The highest BCUT2D eigenvalue weighted by Crippen LogP contribution is 2.26. The summed E-state index contributed by atoms with van der Waals surface area (Å²) in [5.41, 5.74) is 1.40. The zero-order chi connectivity index (χ0) is 19.9. The fraction of sp³-hybridized carbons (Fsp3) is 0.350. The van der Waals surface area contributed by atoms with Crippen molar-refractivity contribution in [3.8, 4) is 22.9 Å². The molecule has 1 aromatic heterocycles. The fourth-order valence-corrected chi connectivity index (χ4v) is 2.22. The first kappa shape index (κ1) is 20.2. The molecule has 2 rings (SSSR count). The number of rotatable bonds is 7. The molecule has 27 heavy (non-hydrogen) atoms. The number of carbonyl (C=O) groups excluding carboxylic acids is 2. The van der Waals surface area contributed by atoms with Gasteiger partial charge in [-0.15, -0.1) is 0 Å². The standard InChI is InChI=1S/C20H24N2O5/c1-20(2,3)27-19(24)21-8-9-26-16-11-17(22-18(12-16)25-4)15-7-5-6-14(10-15)13-23/h5-7,10-13H,8-9H2,1-4H3,(H,21,24). The molecule has 144 valence electrons. The summed E-state index contributed by atoms with van der Waals surface area (Å²) in [6.45, 7) is 5.93. The summed E-state index contributed by atoms with van der Waals surface area (Å²) < 4.78 is 16.1. The van der Waals surface area contributed by atoms with Gasteiger partial charge in [-0.1, -0.05) is 18.2 Å². The molecule has 1 aromatic carbocycles. The lowest BCUT2D eigenvalue weighted by atomic mass is 10.1. The highest BCUT2D eigenvalue weighted by atomic mass is 16.6. The highest BCUT2D eigenvalue weighted by molar-refractivity contribution is 5.78. The molecule has 0 saturated heterocycles. The monoisotopic (exact) mass is 372 g/mol. The topological polar surface area (TPSA) is 86.8 Å². The first-order chi connectivity index (χ1) is 12.8. The van der Waals surface area contributed by atoms with Crippen molar-refractivity contribution in [3.05, 3.63) is 42.0 Å². The molecule has 0 aliphatic carbocycles. The van der Waals surface area contributed by atoms with Gasteiger partial charge in [0.25, 0.3) is 0 Å². The summed E-state index contributed by atoms with van der Waals surface area (Å²) in [5.74, 6) is 0.929. The van der Waals surface area contributed by atoms with Crippen LogP contribution in [0.1, 0.15) is 31.1 Å². The van der Waals surface area contributed by atoms with E-state index in [2.05, 4.69) is 10.3 Å². The zero-order valence-corrected chi connectivity index (χ0v) is 15.9. The third-order valence-electron chi connectivity index (χ3n) is 3.34. The van der Waals surface area contributed by atoms with Crippen molar-refractivity contribution in [2.24, 2.45) is 0 Å². The summed E-state index contributed by atoms with van der Waals surface area (Å²) in [7, 11) is 1.52. The molecule has 0 fully saturated rings. The minimum absolute atomic E-state index is 0.250. The third-order valence-corrected chi connectivity index (χ3v) is 3.34. The zero-order valence-electron chi connectivity index (χ0n) is 15.9. The smallest absolute Gasteiger partial charge is 0.407 e. The lowest BCUT2D eigenvalue weighted by Crippen LogP contribution is -2.34. The number of aldehydes is 1. The summed E-state index contributed by atoms with van der Waals surface area (Å²) >= 11 is 0. The molecule has 7 heteroatoms. The van der Waals surface area contributed by atoms with Crippen molar-refractivity contribution in [2.75, 3.05) is 20.3 Å². The van der Waals surface area contributed by atoms with Crippen LogP contribution < -0.4 is 14.8 Å². The molecule has 0 saturated carbocycles. The van der Waals surface area contributed by atoms with Gasteiger partial charge in [-0.05, 0) is 26.8 Å². The van der Waals surface area contributed by atoms with Crippen molar-refractivity contribution < 1.29 is 23.8 Å². The van der Waals surface area contributed by atoms with Gasteiger partial charge in [0, 0.05) is 23.3 Å². The van der Waals surface area contributed by atoms with E-state index >= 15 is 0 Å². The molecule has 2 aromatic rings. The molecular weight excluding hydrogens is 348 g/mol. The molecule has 7 nitrogen and oxygen atoms in total. The maximum Gasteiger partial charge on any atom is 0.407 e. The molecule has 0 aliphatic rings. The van der Waals surface area contributed by atoms with Gasteiger partial charge in [-0.3, -0.25) is 4.79 Å². The molecule has 0 atom stereocenters. The van der Waals surface area contributed by atoms with Gasteiger partial charge in [0.15, 0.2) is 0 Å². The van der Waals surface area contributed by atoms with E-state index in [1.807, 2.05) is 6.07 Å². The Morgan fingerprint density at radius 2 is 2.00 bits per heavy atom. The lowest BCUT2D eigenvalue weighted by molar-refractivity contribution is 0.0520. The van der Waals surface area contributed by atoms with Crippen LogP contribution in [0.4, 0.5) is 4.79 Å². The van der Waals surface area contributed by atoms with Crippen molar-refractivity contribution >= 4 is 12.4 Å². The second-order valence-corrected chi connectivity index (χ2v) is 6.75. The summed E-state index contributed by atoms with van der Waals surface area (Å²) in [5, 5.41) is 2.63. The van der Waals surface area contributed by atoms with Crippen molar-refractivity contribution in [1.29, 1.82) is 0 Å². The van der Waals surface area contributed by atoms with Gasteiger partial charge < -0.3 is 19.5 Å². The number of amides is 1. The minimum atomic E-state index is -0.547. The Kier molecular flexibility index (Phi) is 6.76. The predicted molar refractivity (Wildman–Crippen MR) is 101 cm³/mol. The Hall–Kier alpha value is -3.09. The highest BCUT2D eigenvalue weighted by Gasteiger charge is 2.15. The Balaban J connectivity index is 2.02. The Morgan fingerprint density at radius 1 is 1.22 bits per heavy atom. The van der Waals surface area contributed by atoms with Gasteiger partial charge in [0.1, 0.15) is 24.2 Å². The van der Waals surface area contributed by atoms with Crippen LogP contribution in [0.15, 0.2) is 36.4 Å². The number of alkyl carbamates (subject to hydrolysis) is 1. The second-order valence-electron chi connectivity index (χ2n) is 6.75. The maximum absolute atomic E-state index is 11.6. The van der Waals surface area contributed by atoms with E-state index in [1.54, 1.807) is 51.1 Å². The van der Waals surface area contributed by atoms with Crippen LogP contribution in [0.3, 0.4) is 0 Å². The summed E-state index contributed by atoms with van der Waals surface area (Å²) in [6, 6.07) is 10.5. The van der Waals surface area contributed by atoms with Crippen molar-refractivity contribution in [2.45, 2.75) is 26.4 Å². The number of ether oxygens (including phenoxy) is 3. The van der Waals surface area contributed by atoms with Crippen LogP contribution in [0.2, 0.25) is 0 Å². The van der Waals surface area contributed by atoms with E-state index in [1.165, 1.54) is 7.11 Å². The lowest BCUT2D eigenvalue weighted by Gasteiger charge is -2.19. The van der Waals surface area contributed by atoms with Crippen molar-refractivity contribution in [3.63, 3.8) is 0 Å². The van der Waals surface area contributed by atoms with Crippen LogP contribution in [-0.4, -0.2) is 43.2 Å². The summed E-state index contributed by atoms with van der Waals surface area (Å²) in [4.78, 5) is 27.0. The van der Waals surface area contributed by atoms with Gasteiger partial charge in [-0.25, -0.2) is 9.78 Å². The number of aromatic nitrogens is 1. The number of pyridine rings is 1. The first-order valence-electron chi connectivity index (χ1n) is 8.52. The van der Waals surface area contributed by atoms with Gasteiger partial charge in [0.05, 0.1) is 19.3 Å². The van der Waals surface area contributed by atoms with Gasteiger partial charge in [0.2, 0.25) is 5.88 Å². The number of nitrogens with zero attached hydrogens (tertiary/aromatic N) is 1. The van der Waals surface area contributed by atoms with E-state index in [-0.39, 0.29) is 13.2 Å². The van der Waals surface area contributed by atoms with Crippen LogP contribution in [0.25, 0.3) is 11.3 Å². The molecule has 0 unspecified atom stereocenters. The first-order valence-corrected chi connectivity index (χ1v) is 8.52. The number of nitrogens with one attached hydrogen (secondary N) is 1. The molecular formula is C20H24N2O5. The van der Waals surface area contributed by atoms with E-state index in [0.29, 0.717) is 22.9 Å². The molecule has 0 radical (unpaired) electrons. The van der Waals surface area contributed by atoms with E-state index in [9.17, 15) is 9.59 Å². The van der Waals surface area contributed by atoms with Crippen LogP contribution >= 0.6 is 0 Å². The number of carbonyl (C=O) groups is 2. The number of hydrogen-bond acceptors (Lipinski definition) is 6. The second kappa shape index (κ2) is 9.02. The van der Waals surface area contributed by atoms with E-state index in [0.717, 1.165) is 11.8 Å². The van der Waals surface area contributed by atoms with Gasteiger partial charge >= 0.3 is 6.09 Å². The normalized spacial score (nSPS) is 10.8. The summed E-state index contributed by atoms with van der Waals surface area (Å²) in [6.07, 6.45) is 0.286. The van der Waals surface area contributed by atoms with Gasteiger partial charge in [-0.2, -0.15) is 0 Å². The Bertz CT molecular complexity index is 799. The van der Waals surface area contributed by atoms with Crippen LogP contribution in [-0.2, 0) is 4.74 Å². The molecule has 1 N–H and O–H groups in total. The van der Waals surface area contributed by atoms with Crippen LogP contribution in [0.5, 0.6) is 11.6 Å². The number of methoxy groups -OCH3 is 1. The van der Waals surface area contributed by atoms with Crippen LogP contribution in [0, 0.1) is 0 Å². The third kappa shape index (κ3) is 6.62. The average Bonchev–Trinajstić information content (AvgIpc) is 2.63. The predicted octanol–water partition coefficient (Wildman–Crippen LogP) is 3.47. The van der Waals surface area contributed by atoms with E-state index in [4.69, 9.17) is 14.2 Å². The number of hydrogen-bond donors (Lipinski definition) is 1. The quantitative estimate of drug-likeness (QED) is 0.591. The fourth-order valence-electron chi connectivity index (χ4n) is 2.22. The molecule has 0 spiro atoms. The Morgan fingerprint density at radius 3 is 2.67 bits per heavy atom. The molecule has 0 bridgehead atoms. The molecule has 0 aliphatic heterocycles. The minimum Gasteiger partial charge on any atom is -0.491 e. The SMILES string of the molecule is COc1cc(OCCNC(=O)OC(C)(C)C)cc(-c2cccc(C=O)c2)n1. The average molecular weight is 372 g/mol.